The Bertz CT molecular complexity index is 1050. The largest absolute Gasteiger partial charge is 0.367 e. The van der Waals surface area contributed by atoms with Gasteiger partial charge in [0.15, 0.2) is 0 Å². The van der Waals surface area contributed by atoms with Crippen LogP contribution in [-0.4, -0.2) is 31.9 Å². The predicted octanol–water partition coefficient (Wildman–Crippen LogP) is 5.03. The van der Waals surface area contributed by atoms with Crippen LogP contribution in [0.5, 0.6) is 0 Å². The molecule has 0 unspecified atom stereocenters. The minimum absolute atomic E-state index is 0.0688. The molecule has 3 aromatic rings. The minimum atomic E-state index is -2.57. The summed E-state index contributed by atoms with van der Waals surface area (Å²) in [4.78, 5) is 16.2. The summed E-state index contributed by atoms with van der Waals surface area (Å²) in [6.07, 6.45) is 8.91. The van der Waals surface area contributed by atoms with Gasteiger partial charge in [-0.25, -0.2) is 23.1 Å². The van der Waals surface area contributed by atoms with Crippen molar-refractivity contribution in [2.75, 3.05) is 5.32 Å². The molecule has 0 bridgehead atoms. The molecule has 2 fully saturated rings. The van der Waals surface area contributed by atoms with Gasteiger partial charge in [0.2, 0.25) is 5.92 Å². The van der Waals surface area contributed by atoms with E-state index in [2.05, 4.69) is 25.3 Å². The number of hydrogen-bond acceptors (Lipinski definition) is 4. The van der Waals surface area contributed by atoms with E-state index in [9.17, 15) is 13.2 Å². The molecule has 0 spiro atoms. The molecule has 0 aromatic carbocycles. The Kier molecular flexibility index (Phi) is 4.87. The number of aromatic nitrogens is 4. The molecule has 30 heavy (non-hydrogen) atoms. The van der Waals surface area contributed by atoms with Crippen molar-refractivity contribution in [3.8, 4) is 0 Å². The van der Waals surface area contributed by atoms with Crippen molar-refractivity contribution in [1.29, 1.82) is 0 Å². The number of alkyl halides is 2. The van der Waals surface area contributed by atoms with Crippen LogP contribution in [0.25, 0.3) is 11.0 Å². The number of hydrogen-bond donors (Lipinski definition) is 2. The van der Waals surface area contributed by atoms with E-state index in [1.807, 2.05) is 6.20 Å². The first-order valence-electron chi connectivity index (χ1n) is 10.6. The zero-order valence-corrected chi connectivity index (χ0v) is 16.6. The number of nitrogens with zero attached hydrogens (tertiary/aromatic N) is 3. The lowest BCUT2D eigenvalue weighted by atomic mass is 9.84. The Morgan fingerprint density at radius 2 is 1.90 bits per heavy atom. The van der Waals surface area contributed by atoms with E-state index in [0.717, 1.165) is 40.8 Å². The van der Waals surface area contributed by atoms with Crippen LogP contribution in [0.4, 0.5) is 19.0 Å². The number of aromatic amines is 1. The molecule has 2 aliphatic rings. The van der Waals surface area contributed by atoms with Crippen LogP contribution in [0.1, 0.15) is 55.3 Å². The van der Waals surface area contributed by atoms with Crippen LogP contribution in [0.15, 0.2) is 24.8 Å². The molecule has 5 nitrogen and oxygen atoms in total. The minimum Gasteiger partial charge on any atom is -0.367 e. The number of fused-ring (bicyclic) bond motifs is 1. The highest BCUT2D eigenvalue weighted by molar-refractivity contribution is 5.90. The summed E-state index contributed by atoms with van der Waals surface area (Å²) < 4.78 is 41.4. The van der Waals surface area contributed by atoms with E-state index < -0.39 is 5.92 Å². The third-order valence-corrected chi connectivity index (χ3v) is 6.16. The molecular formula is C22H24F3N5. The molecule has 8 heteroatoms. The normalized spacial score (nSPS) is 19.3. The second kappa shape index (κ2) is 7.56. The van der Waals surface area contributed by atoms with Gasteiger partial charge in [0.1, 0.15) is 23.6 Å². The zero-order valence-electron chi connectivity index (χ0n) is 16.6. The highest BCUT2D eigenvalue weighted by Gasteiger charge is 2.35. The monoisotopic (exact) mass is 415 g/mol. The van der Waals surface area contributed by atoms with E-state index in [1.165, 1.54) is 12.4 Å². The Morgan fingerprint density at radius 1 is 1.10 bits per heavy atom. The molecule has 5 rings (SSSR count). The quantitative estimate of drug-likeness (QED) is 0.593. The number of rotatable bonds is 6. The smallest absolute Gasteiger partial charge is 0.248 e. The topological polar surface area (TPSA) is 66.5 Å². The molecule has 0 amide bonds. The second-order valence-electron chi connectivity index (χ2n) is 8.63. The van der Waals surface area contributed by atoms with Crippen LogP contribution in [0.3, 0.4) is 0 Å². The average Bonchev–Trinajstić information content (AvgIpc) is 3.44. The molecule has 2 N–H and O–H groups in total. The maximum Gasteiger partial charge on any atom is 0.248 e. The highest BCUT2D eigenvalue weighted by Crippen LogP contribution is 2.37. The molecular weight excluding hydrogens is 391 g/mol. The van der Waals surface area contributed by atoms with Crippen molar-refractivity contribution < 1.29 is 13.2 Å². The van der Waals surface area contributed by atoms with E-state index >= 15 is 0 Å². The van der Waals surface area contributed by atoms with Gasteiger partial charge in [-0.05, 0) is 55.2 Å². The average molecular weight is 415 g/mol. The van der Waals surface area contributed by atoms with Gasteiger partial charge in [0.25, 0.3) is 0 Å². The SMILES string of the molecule is Fc1cc(Cc2c[nH]c3ncnc(NC4CC4)c23)cnc1CC1CCC(F)(F)CC1. The molecule has 3 heterocycles. The third-order valence-electron chi connectivity index (χ3n) is 6.16. The lowest BCUT2D eigenvalue weighted by Crippen LogP contribution is -2.25. The van der Waals surface area contributed by atoms with Gasteiger partial charge in [-0.3, -0.25) is 4.98 Å². The van der Waals surface area contributed by atoms with E-state index in [1.54, 1.807) is 6.20 Å². The van der Waals surface area contributed by atoms with Crippen LogP contribution in [-0.2, 0) is 12.8 Å². The van der Waals surface area contributed by atoms with Gasteiger partial charge < -0.3 is 10.3 Å². The van der Waals surface area contributed by atoms with Gasteiger partial charge in [-0.1, -0.05) is 0 Å². The summed E-state index contributed by atoms with van der Waals surface area (Å²) in [5.74, 6) is -2.06. The lowest BCUT2D eigenvalue weighted by Gasteiger charge is -2.28. The molecule has 2 aliphatic carbocycles. The summed E-state index contributed by atoms with van der Waals surface area (Å²) in [7, 11) is 0. The van der Waals surface area contributed by atoms with Crippen molar-refractivity contribution in [3.63, 3.8) is 0 Å². The van der Waals surface area contributed by atoms with Crippen LogP contribution in [0.2, 0.25) is 0 Å². The predicted molar refractivity (Wildman–Crippen MR) is 108 cm³/mol. The fraction of sp³-hybridized carbons (Fsp3) is 0.500. The Balaban J connectivity index is 1.32. The molecule has 2 saturated carbocycles. The Labute approximate surface area is 172 Å². The number of nitrogens with one attached hydrogen (secondary N) is 2. The number of H-pyrrole nitrogens is 1. The van der Waals surface area contributed by atoms with Crippen molar-refractivity contribution in [3.05, 3.63) is 47.4 Å². The number of halogens is 3. The summed E-state index contributed by atoms with van der Waals surface area (Å²) in [5.41, 5.74) is 2.86. The standard InChI is InChI=1S/C22H24F3N5/c23-17-8-14(10-26-18(17)9-13-3-5-22(24,25)6-4-13)7-15-11-27-20-19(15)21(29-12-28-20)30-16-1-2-16/h8,10-13,16H,1-7,9H2,(H2,27,28,29,30). The first-order valence-corrected chi connectivity index (χ1v) is 10.6. The first-order chi connectivity index (χ1) is 14.5. The fourth-order valence-corrected chi connectivity index (χ4v) is 4.25. The van der Waals surface area contributed by atoms with Crippen LogP contribution in [0, 0.1) is 11.7 Å². The highest BCUT2D eigenvalue weighted by atomic mass is 19.3. The maximum atomic E-state index is 14.7. The Hall–Kier alpha value is -2.64. The summed E-state index contributed by atoms with van der Waals surface area (Å²) >= 11 is 0. The number of pyridine rings is 1. The van der Waals surface area contributed by atoms with Crippen molar-refractivity contribution in [1.82, 2.24) is 19.9 Å². The van der Waals surface area contributed by atoms with Gasteiger partial charge >= 0.3 is 0 Å². The van der Waals surface area contributed by atoms with E-state index in [0.29, 0.717) is 37.4 Å². The first kappa shape index (κ1) is 19.3. The molecule has 0 saturated heterocycles. The van der Waals surface area contributed by atoms with E-state index in [-0.39, 0.29) is 24.6 Å². The fourth-order valence-electron chi connectivity index (χ4n) is 4.25. The maximum absolute atomic E-state index is 14.7. The summed E-state index contributed by atoms with van der Waals surface area (Å²) in [6.45, 7) is 0. The van der Waals surface area contributed by atoms with Crippen molar-refractivity contribution >= 4 is 16.9 Å². The molecule has 3 aromatic heterocycles. The summed E-state index contributed by atoms with van der Waals surface area (Å²) in [5, 5.41) is 4.36. The lowest BCUT2D eigenvalue weighted by molar-refractivity contribution is -0.0457. The zero-order chi connectivity index (χ0) is 20.7. The van der Waals surface area contributed by atoms with Gasteiger partial charge in [-0.15, -0.1) is 0 Å². The summed E-state index contributed by atoms with van der Waals surface area (Å²) in [6, 6.07) is 1.97. The van der Waals surface area contributed by atoms with Crippen molar-refractivity contribution in [2.24, 2.45) is 5.92 Å². The van der Waals surface area contributed by atoms with Gasteiger partial charge in [0.05, 0.1) is 11.1 Å². The van der Waals surface area contributed by atoms with Gasteiger partial charge in [0, 0.05) is 37.7 Å². The van der Waals surface area contributed by atoms with Crippen molar-refractivity contribution in [2.45, 2.75) is 63.3 Å². The second-order valence-corrected chi connectivity index (χ2v) is 8.63. The van der Waals surface area contributed by atoms with Crippen LogP contribution >= 0.6 is 0 Å². The molecule has 0 atom stereocenters. The third kappa shape index (κ3) is 4.13. The molecule has 0 radical (unpaired) electrons. The van der Waals surface area contributed by atoms with Gasteiger partial charge in [-0.2, -0.15) is 0 Å². The molecule has 0 aliphatic heterocycles. The molecule has 158 valence electrons. The number of anilines is 1. The van der Waals surface area contributed by atoms with Crippen LogP contribution < -0.4 is 5.32 Å². The Morgan fingerprint density at radius 3 is 2.63 bits per heavy atom. The van der Waals surface area contributed by atoms with E-state index in [4.69, 9.17) is 0 Å².